The van der Waals surface area contributed by atoms with E-state index in [4.69, 9.17) is 11.6 Å². The Morgan fingerprint density at radius 3 is 2.29 bits per heavy atom. The van der Waals surface area contributed by atoms with Crippen molar-refractivity contribution in [1.82, 2.24) is 35.0 Å². The van der Waals surface area contributed by atoms with Gasteiger partial charge >= 0.3 is 0 Å². The normalized spacial score (nSPS) is 19.5. The summed E-state index contributed by atoms with van der Waals surface area (Å²) >= 11 is 6.26. The van der Waals surface area contributed by atoms with Crippen LogP contribution in [0.2, 0.25) is 5.02 Å². The molecule has 4 amide bonds. The zero-order chi connectivity index (χ0) is 36.2. The Labute approximate surface area is 310 Å². The third kappa shape index (κ3) is 8.20. The number of hydrogen-bond acceptors (Lipinski definition) is 8. The summed E-state index contributed by atoms with van der Waals surface area (Å²) in [6.45, 7) is 10.6. The molecule has 3 aliphatic rings. The number of pyridine rings is 1. The van der Waals surface area contributed by atoms with Crippen molar-refractivity contribution in [2.24, 2.45) is 0 Å². The standard InChI is InChI=1S/C38H47ClN8O4.H2O/c1-24(2)47(38(51)32-6-5-17-46(32)36(49)26(4)43-35(48)28-13-15-40-16-14-28)22-30(27-8-10-29(39)11-9-27)37(50)45-20-18-44(19-21-45)34-33-25(3)7-12-31(33)41-23-42-34;/h8-11,13-16,23-26,30,32H,5-7,12,17-22H2,1-4H3,(H,43,48);1H2/t25-,26-,30-,32+;/m1./s1. The van der Waals surface area contributed by atoms with E-state index in [0.29, 0.717) is 62.1 Å². The van der Waals surface area contributed by atoms with Gasteiger partial charge in [-0.15, -0.1) is 0 Å². The van der Waals surface area contributed by atoms with Crippen molar-refractivity contribution >= 4 is 41.0 Å². The van der Waals surface area contributed by atoms with Crippen molar-refractivity contribution in [2.75, 3.05) is 44.2 Å². The molecular formula is C38H49ClN8O5. The van der Waals surface area contributed by atoms with Gasteiger partial charge in [0.1, 0.15) is 24.2 Å². The molecule has 0 unspecified atom stereocenters. The van der Waals surface area contributed by atoms with E-state index in [1.807, 2.05) is 30.9 Å². The Morgan fingerprint density at radius 2 is 1.62 bits per heavy atom. The number of amides is 4. The van der Waals surface area contributed by atoms with Gasteiger partial charge in [0.2, 0.25) is 17.7 Å². The highest BCUT2D eigenvalue weighted by atomic mass is 35.5. The average molecular weight is 733 g/mol. The smallest absolute Gasteiger partial charge is 0.252 e. The van der Waals surface area contributed by atoms with Crippen LogP contribution in [0.4, 0.5) is 5.82 Å². The largest absolute Gasteiger partial charge is 0.412 e. The van der Waals surface area contributed by atoms with Gasteiger partial charge < -0.3 is 30.4 Å². The molecule has 1 aliphatic carbocycles. The Balaban J connectivity index is 0.00000523. The zero-order valence-electron chi connectivity index (χ0n) is 30.3. The second-order valence-electron chi connectivity index (χ2n) is 14.1. The van der Waals surface area contributed by atoms with Crippen LogP contribution >= 0.6 is 11.6 Å². The number of hydrogen-bond donors (Lipinski definition) is 1. The van der Waals surface area contributed by atoms with Crippen LogP contribution in [0.1, 0.15) is 86.0 Å². The molecule has 2 aromatic heterocycles. The molecule has 6 rings (SSSR count). The average Bonchev–Trinajstić information content (AvgIpc) is 3.79. The first kappa shape index (κ1) is 38.6. The maximum Gasteiger partial charge on any atom is 0.252 e. The summed E-state index contributed by atoms with van der Waals surface area (Å²) in [5.41, 5.74) is 3.53. The van der Waals surface area contributed by atoms with Crippen molar-refractivity contribution in [1.29, 1.82) is 0 Å². The fourth-order valence-corrected chi connectivity index (χ4v) is 7.71. The predicted molar refractivity (Wildman–Crippen MR) is 198 cm³/mol. The monoisotopic (exact) mass is 732 g/mol. The molecule has 2 saturated heterocycles. The summed E-state index contributed by atoms with van der Waals surface area (Å²) in [4.78, 5) is 75.8. The van der Waals surface area contributed by atoms with Crippen LogP contribution in [0.25, 0.3) is 0 Å². The van der Waals surface area contributed by atoms with Crippen molar-refractivity contribution in [3.63, 3.8) is 0 Å². The molecule has 0 spiro atoms. The number of carbonyl (C=O) groups is 4. The van der Waals surface area contributed by atoms with E-state index < -0.39 is 18.0 Å². The van der Waals surface area contributed by atoms with Crippen LogP contribution in [0.5, 0.6) is 0 Å². The van der Waals surface area contributed by atoms with Crippen LogP contribution < -0.4 is 10.2 Å². The molecule has 3 aromatic rings. The zero-order valence-corrected chi connectivity index (χ0v) is 31.1. The number of nitrogens with zero attached hydrogens (tertiary/aromatic N) is 7. The van der Waals surface area contributed by atoms with E-state index >= 15 is 0 Å². The predicted octanol–water partition coefficient (Wildman–Crippen LogP) is 3.23. The summed E-state index contributed by atoms with van der Waals surface area (Å²) in [6, 6.07) is 8.65. The maximum absolute atomic E-state index is 14.5. The maximum atomic E-state index is 14.5. The van der Waals surface area contributed by atoms with Gasteiger partial charge in [-0.2, -0.15) is 0 Å². The molecule has 0 bridgehead atoms. The molecular weight excluding hydrogens is 684 g/mol. The molecule has 14 heteroatoms. The Hall–Kier alpha value is -4.62. The fourth-order valence-electron chi connectivity index (χ4n) is 7.58. The van der Waals surface area contributed by atoms with Crippen LogP contribution in [0.3, 0.4) is 0 Å². The number of nitrogens with one attached hydrogen (secondary N) is 1. The number of likely N-dealkylation sites (tertiary alicyclic amines) is 1. The van der Waals surface area contributed by atoms with Gasteiger partial charge in [0.05, 0.1) is 5.92 Å². The number of aromatic nitrogens is 3. The molecule has 0 radical (unpaired) electrons. The van der Waals surface area contributed by atoms with Crippen molar-refractivity contribution in [3.05, 3.63) is 82.5 Å². The van der Waals surface area contributed by atoms with Crippen LogP contribution in [0, 0.1) is 0 Å². The first-order valence-electron chi connectivity index (χ1n) is 18.0. The minimum Gasteiger partial charge on any atom is -0.412 e. The molecule has 0 saturated carbocycles. The molecule has 1 aromatic carbocycles. The number of piperazine rings is 1. The van der Waals surface area contributed by atoms with E-state index in [0.717, 1.165) is 29.9 Å². The number of benzene rings is 1. The van der Waals surface area contributed by atoms with Crippen LogP contribution in [0.15, 0.2) is 55.1 Å². The van der Waals surface area contributed by atoms with Gasteiger partial charge in [0.15, 0.2) is 0 Å². The van der Waals surface area contributed by atoms with Crippen molar-refractivity contribution < 1.29 is 24.7 Å². The molecule has 2 fully saturated rings. The lowest BCUT2D eigenvalue weighted by molar-refractivity contribution is -0.146. The Bertz CT molecular complexity index is 1730. The first-order chi connectivity index (χ1) is 24.5. The highest BCUT2D eigenvalue weighted by molar-refractivity contribution is 6.30. The van der Waals surface area contributed by atoms with Gasteiger partial charge in [-0.05, 0) is 82.2 Å². The molecule has 2 aliphatic heterocycles. The third-order valence-electron chi connectivity index (χ3n) is 10.5. The lowest BCUT2D eigenvalue weighted by Crippen LogP contribution is -2.56. The number of halogens is 1. The summed E-state index contributed by atoms with van der Waals surface area (Å²) in [5.74, 6) is -0.203. The van der Waals surface area contributed by atoms with E-state index in [9.17, 15) is 19.2 Å². The van der Waals surface area contributed by atoms with E-state index in [1.54, 1.807) is 47.3 Å². The van der Waals surface area contributed by atoms with E-state index in [1.165, 1.54) is 18.0 Å². The van der Waals surface area contributed by atoms with Gasteiger partial charge in [-0.3, -0.25) is 24.2 Å². The third-order valence-corrected chi connectivity index (χ3v) is 10.7. The molecule has 3 N–H and O–H groups in total. The van der Waals surface area contributed by atoms with Crippen LogP contribution in [-0.2, 0) is 20.8 Å². The molecule has 13 nitrogen and oxygen atoms in total. The van der Waals surface area contributed by atoms with Gasteiger partial charge in [0.25, 0.3) is 5.91 Å². The summed E-state index contributed by atoms with van der Waals surface area (Å²) in [7, 11) is 0. The topological polar surface area (TPSA) is 163 Å². The fraction of sp³-hybridized carbons (Fsp3) is 0.500. The highest BCUT2D eigenvalue weighted by Crippen LogP contribution is 2.37. The molecule has 278 valence electrons. The number of aryl methyl sites for hydroxylation is 1. The number of rotatable bonds is 10. The molecule has 4 heterocycles. The van der Waals surface area contributed by atoms with Gasteiger partial charge in [-0.25, -0.2) is 9.97 Å². The van der Waals surface area contributed by atoms with E-state index in [2.05, 4.69) is 32.1 Å². The van der Waals surface area contributed by atoms with Gasteiger partial charge in [-0.1, -0.05) is 30.7 Å². The van der Waals surface area contributed by atoms with Crippen molar-refractivity contribution in [2.45, 2.75) is 83.3 Å². The SMILES string of the molecule is CC(C)N(C[C@@H](C(=O)N1CCN(c2ncnc3c2[C@H](C)CC3)CC1)c1ccc(Cl)cc1)C(=O)[C@@H]1CCCN1C(=O)[C@@H](C)NC(=O)c1ccncc1.O. The summed E-state index contributed by atoms with van der Waals surface area (Å²) < 4.78 is 0. The van der Waals surface area contributed by atoms with Crippen LogP contribution in [-0.4, -0.2) is 116 Å². The van der Waals surface area contributed by atoms with Gasteiger partial charge in [0, 0.05) is 79.5 Å². The number of fused-ring (bicyclic) bond motifs is 1. The molecule has 52 heavy (non-hydrogen) atoms. The minimum atomic E-state index is -0.833. The summed E-state index contributed by atoms with van der Waals surface area (Å²) in [5, 5.41) is 3.33. The molecule has 4 atom stereocenters. The second kappa shape index (κ2) is 16.8. The highest BCUT2D eigenvalue weighted by Gasteiger charge is 2.41. The number of carbonyl (C=O) groups excluding carboxylic acids is 4. The lowest BCUT2D eigenvalue weighted by Gasteiger charge is -2.40. The quantitative estimate of drug-likeness (QED) is 0.332. The Morgan fingerprint density at radius 1 is 0.923 bits per heavy atom. The number of anilines is 1. The van der Waals surface area contributed by atoms with E-state index in [-0.39, 0.29) is 41.7 Å². The van der Waals surface area contributed by atoms with Crippen molar-refractivity contribution in [3.8, 4) is 0 Å². The summed E-state index contributed by atoms with van der Waals surface area (Å²) in [6.07, 6.45) is 7.89. The lowest BCUT2D eigenvalue weighted by atomic mass is 9.95. The minimum absolute atomic E-state index is 0. The second-order valence-corrected chi connectivity index (χ2v) is 14.6. The first-order valence-corrected chi connectivity index (χ1v) is 18.4. The Kier molecular flexibility index (Phi) is 12.5.